The van der Waals surface area contributed by atoms with Crippen LogP contribution in [-0.4, -0.2) is 46.7 Å². The molecule has 0 saturated carbocycles. The first-order chi connectivity index (χ1) is 18.8. The van der Waals surface area contributed by atoms with E-state index in [4.69, 9.17) is 14.6 Å². The van der Waals surface area contributed by atoms with Gasteiger partial charge in [0.05, 0.1) is 23.3 Å². The number of ether oxygens (including phenoxy) is 2. The Labute approximate surface area is 228 Å². The molecule has 204 valence electrons. The van der Waals surface area contributed by atoms with Crippen LogP contribution in [0.15, 0.2) is 66.7 Å². The maximum Gasteiger partial charge on any atom is 0.338 e. The standard InChI is InChI=1S/C18H18O3.C14H16O4/c19-17-9-8-14-10-16(7-6-15(14)11-17)18(20)21-12-13-4-2-1-3-5-13;1-9(15)8-18-13-5-4-10-6-12(14(16)17)3-2-11(10)7-13/h1-7,10,17,19H,8-9,11-12H2;2-3,6,13H,4-5,7-8H2,1H3,(H,16,17). The van der Waals surface area contributed by atoms with E-state index in [9.17, 15) is 19.5 Å². The van der Waals surface area contributed by atoms with Crippen LogP contribution in [0.5, 0.6) is 0 Å². The number of aryl methyl sites for hydroxylation is 2. The van der Waals surface area contributed by atoms with E-state index in [-0.39, 0.29) is 37.2 Å². The number of benzene rings is 3. The predicted octanol–water partition coefficient (Wildman–Crippen LogP) is 4.74. The van der Waals surface area contributed by atoms with Gasteiger partial charge in [0.2, 0.25) is 0 Å². The first-order valence-corrected chi connectivity index (χ1v) is 13.3. The van der Waals surface area contributed by atoms with Gasteiger partial charge in [-0.25, -0.2) is 9.59 Å². The highest BCUT2D eigenvalue weighted by molar-refractivity contribution is 5.89. The number of carboxylic acid groups (broad SMARTS) is 1. The number of esters is 1. The molecular formula is C32H34O7. The van der Waals surface area contributed by atoms with Crippen molar-refractivity contribution in [2.45, 2.75) is 64.3 Å². The monoisotopic (exact) mass is 530 g/mol. The van der Waals surface area contributed by atoms with E-state index in [1.54, 1.807) is 18.2 Å². The molecule has 0 saturated heterocycles. The molecule has 0 amide bonds. The second-order valence-corrected chi connectivity index (χ2v) is 10.1. The maximum atomic E-state index is 12.1. The van der Waals surface area contributed by atoms with E-state index < -0.39 is 5.97 Å². The second kappa shape index (κ2) is 13.3. The first kappa shape index (κ1) is 28.2. The van der Waals surface area contributed by atoms with Crippen molar-refractivity contribution in [3.8, 4) is 0 Å². The Kier molecular flexibility index (Phi) is 9.63. The lowest BCUT2D eigenvalue weighted by Crippen LogP contribution is -2.25. The van der Waals surface area contributed by atoms with Gasteiger partial charge < -0.3 is 19.7 Å². The van der Waals surface area contributed by atoms with Crippen molar-refractivity contribution in [2.24, 2.45) is 0 Å². The summed E-state index contributed by atoms with van der Waals surface area (Å²) in [5.74, 6) is -1.16. The van der Waals surface area contributed by atoms with Gasteiger partial charge in [-0.3, -0.25) is 4.79 Å². The molecule has 0 spiro atoms. The van der Waals surface area contributed by atoms with Gasteiger partial charge >= 0.3 is 11.9 Å². The number of hydrogen-bond acceptors (Lipinski definition) is 6. The molecule has 5 rings (SSSR count). The molecule has 0 aromatic heterocycles. The van der Waals surface area contributed by atoms with E-state index in [0.717, 1.165) is 59.9 Å². The van der Waals surface area contributed by atoms with Crippen LogP contribution in [0.1, 0.15) is 68.3 Å². The van der Waals surface area contributed by atoms with E-state index in [1.807, 2.05) is 48.5 Å². The fourth-order valence-corrected chi connectivity index (χ4v) is 4.90. The van der Waals surface area contributed by atoms with Gasteiger partial charge in [0.15, 0.2) is 5.78 Å². The zero-order valence-corrected chi connectivity index (χ0v) is 22.1. The summed E-state index contributed by atoms with van der Waals surface area (Å²) >= 11 is 0. The van der Waals surface area contributed by atoms with Crippen molar-refractivity contribution in [2.75, 3.05) is 6.61 Å². The van der Waals surface area contributed by atoms with E-state index >= 15 is 0 Å². The topological polar surface area (TPSA) is 110 Å². The fourth-order valence-electron chi connectivity index (χ4n) is 4.90. The van der Waals surface area contributed by atoms with E-state index in [0.29, 0.717) is 17.5 Å². The van der Waals surface area contributed by atoms with Crippen LogP contribution in [0.3, 0.4) is 0 Å². The molecule has 2 aliphatic carbocycles. The molecule has 7 nitrogen and oxygen atoms in total. The third-order valence-electron chi connectivity index (χ3n) is 7.02. The van der Waals surface area contributed by atoms with E-state index in [2.05, 4.69) is 0 Å². The van der Waals surface area contributed by atoms with Crippen LogP contribution in [0, 0.1) is 0 Å². The van der Waals surface area contributed by atoms with Gasteiger partial charge in [-0.1, -0.05) is 42.5 Å². The van der Waals surface area contributed by atoms with Crippen molar-refractivity contribution in [3.63, 3.8) is 0 Å². The Morgan fingerprint density at radius 3 is 2.15 bits per heavy atom. The third kappa shape index (κ3) is 8.09. The molecule has 3 aromatic rings. The first-order valence-electron chi connectivity index (χ1n) is 13.3. The van der Waals surface area contributed by atoms with Gasteiger partial charge in [-0.15, -0.1) is 0 Å². The number of carbonyl (C=O) groups excluding carboxylic acids is 2. The Morgan fingerprint density at radius 2 is 1.46 bits per heavy atom. The number of fused-ring (bicyclic) bond motifs is 2. The average Bonchev–Trinajstić information content (AvgIpc) is 2.95. The number of Topliss-reactive ketones (excluding diaryl/α,β-unsaturated/α-hetero) is 1. The molecule has 7 heteroatoms. The largest absolute Gasteiger partial charge is 0.478 e. The molecule has 0 aliphatic heterocycles. The number of carbonyl (C=O) groups is 3. The van der Waals surface area contributed by atoms with Crippen LogP contribution < -0.4 is 0 Å². The molecule has 3 aromatic carbocycles. The van der Waals surface area contributed by atoms with Crippen molar-refractivity contribution >= 4 is 17.7 Å². The molecule has 2 atom stereocenters. The van der Waals surface area contributed by atoms with E-state index in [1.165, 1.54) is 6.92 Å². The molecule has 2 N–H and O–H groups in total. The number of carboxylic acids is 1. The number of aliphatic hydroxyl groups is 1. The number of hydrogen-bond donors (Lipinski definition) is 2. The molecule has 39 heavy (non-hydrogen) atoms. The van der Waals surface area contributed by atoms with Gasteiger partial charge in [0, 0.05) is 0 Å². The Hall–Kier alpha value is -3.81. The van der Waals surface area contributed by atoms with Gasteiger partial charge in [0.25, 0.3) is 0 Å². The normalized spacial score (nSPS) is 17.6. The highest BCUT2D eigenvalue weighted by atomic mass is 16.5. The van der Waals surface area contributed by atoms with Crippen molar-refractivity contribution < 1.29 is 34.1 Å². The smallest absolute Gasteiger partial charge is 0.338 e. The lowest BCUT2D eigenvalue weighted by Gasteiger charge is -2.24. The number of ketones is 1. The SMILES string of the molecule is CC(=O)COC1CCc2cc(C(=O)O)ccc2C1.O=C(OCc1ccccc1)c1ccc2c(c1)CCC(O)C2. The molecular weight excluding hydrogens is 496 g/mol. The summed E-state index contributed by atoms with van der Waals surface area (Å²) in [6, 6.07) is 20.5. The zero-order valence-electron chi connectivity index (χ0n) is 22.1. The maximum absolute atomic E-state index is 12.1. The minimum atomic E-state index is -0.896. The summed E-state index contributed by atoms with van der Waals surface area (Å²) < 4.78 is 10.9. The summed E-state index contributed by atoms with van der Waals surface area (Å²) in [5.41, 5.74) is 6.38. The Morgan fingerprint density at radius 1 is 0.821 bits per heavy atom. The molecule has 0 fully saturated rings. The summed E-state index contributed by atoms with van der Waals surface area (Å²) in [7, 11) is 0. The highest BCUT2D eigenvalue weighted by Gasteiger charge is 2.21. The second-order valence-electron chi connectivity index (χ2n) is 10.1. The van der Waals surface area contributed by atoms with Crippen molar-refractivity contribution in [3.05, 3.63) is 106 Å². The van der Waals surface area contributed by atoms with Gasteiger partial charge in [-0.05, 0) is 97.5 Å². The quantitative estimate of drug-likeness (QED) is 0.425. The molecule has 0 bridgehead atoms. The number of rotatable bonds is 7. The summed E-state index contributed by atoms with van der Waals surface area (Å²) in [5, 5.41) is 18.6. The lowest BCUT2D eigenvalue weighted by atomic mass is 9.88. The summed E-state index contributed by atoms with van der Waals surface area (Å²) in [6.45, 7) is 1.96. The minimum absolute atomic E-state index is 0.0297. The third-order valence-corrected chi connectivity index (χ3v) is 7.02. The zero-order chi connectivity index (χ0) is 27.8. The molecule has 2 unspecified atom stereocenters. The van der Waals surface area contributed by atoms with Crippen LogP contribution in [-0.2, 0) is 46.6 Å². The van der Waals surface area contributed by atoms with Gasteiger partial charge in [-0.2, -0.15) is 0 Å². The minimum Gasteiger partial charge on any atom is -0.478 e. The van der Waals surface area contributed by atoms with Crippen LogP contribution in [0.25, 0.3) is 0 Å². The predicted molar refractivity (Wildman–Crippen MR) is 146 cm³/mol. The number of aromatic carboxylic acids is 1. The van der Waals surface area contributed by atoms with Crippen molar-refractivity contribution in [1.29, 1.82) is 0 Å². The molecule has 0 heterocycles. The highest BCUT2D eigenvalue weighted by Crippen LogP contribution is 2.25. The molecule has 0 radical (unpaired) electrons. The summed E-state index contributed by atoms with van der Waals surface area (Å²) in [6.07, 6.45) is 4.45. The van der Waals surface area contributed by atoms with Crippen LogP contribution in [0.2, 0.25) is 0 Å². The fraction of sp³-hybridized carbons (Fsp3) is 0.344. The number of aliphatic hydroxyl groups excluding tert-OH is 1. The van der Waals surface area contributed by atoms with Crippen LogP contribution in [0.4, 0.5) is 0 Å². The summed E-state index contributed by atoms with van der Waals surface area (Å²) in [4.78, 5) is 33.8. The Bertz CT molecular complexity index is 1320. The lowest BCUT2D eigenvalue weighted by molar-refractivity contribution is -0.123. The van der Waals surface area contributed by atoms with Gasteiger partial charge in [0.1, 0.15) is 13.2 Å². The molecule has 2 aliphatic rings. The Balaban J connectivity index is 0.000000183. The van der Waals surface area contributed by atoms with Crippen LogP contribution >= 0.6 is 0 Å². The van der Waals surface area contributed by atoms with Crippen molar-refractivity contribution in [1.82, 2.24) is 0 Å². The average molecular weight is 531 g/mol.